The van der Waals surface area contributed by atoms with Crippen molar-refractivity contribution in [3.63, 3.8) is 0 Å². The van der Waals surface area contributed by atoms with Crippen LogP contribution in [0.3, 0.4) is 0 Å². The summed E-state index contributed by atoms with van der Waals surface area (Å²) in [6.07, 6.45) is 8.95. The lowest BCUT2D eigenvalue weighted by Crippen LogP contribution is -2.43. The lowest BCUT2D eigenvalue weighted by molar-refractivity contribution is 0.182. The minimum absolute atomic E-state index is 0.179. The smallest absolute Gasteiger partial charge is 0.0960 e. The molecule has 1 aliphatic rings. The van der Waals surface area contributed by atoms with Gasteiger partial charge in [-0.25, -0.2) is 4.98 Å². The van der Waals surface area contributed by atoms with E-state index in [4.69, 9.17) is 17.3 Å². The van der Waals surface area contributed by atoms with Crippen molar-refractivity contribution in [3.8, 4) is 11.3 Å². The first kappa shape index (κ1) is 25.9. The highest BCUT2D eigenvalue weighted by atomic mass is 35.5. The highest BCUT2D eigenvalue weighted by Gasteiger charge is 2.14. The number of unbranched alkanes of at least 4 members (excludes halogenated alkanes) is 1. The highest BCUT2D eigenvalue weighted by molar-refractivity contribution is 6.35. The predicted molar refractivity (Wildman–Crippen MR) is 145 cm³/mol. The maximum Gasteiger partial charge on any atom is 0.0960 e. The van der Waals surface area contributed by atoms with Gasteiger partial charge in [0, 0.05) is 49.0 Å². The van der Waals surface area contributed by atoms with Crippen molar-refractivity contribution in [2.75, 3.05) is 33.2 Å². The lowest BCUT2D eigenvalue weighted by atomic mass is 10.1. The van der Waals surface area contributed by atoms with Gasteiger partial charge in [0.25, 0.3) is 0 Å². The fraction of sp³-hybridized carbons (Fsp3) is 0.407. The number of piperazine rings is 1. The Kier molecular flexibility index (Phi) is 9.28. The molecule has 0 amide bonds. The van der Waals surface area contributed by atoms with Crippen molar-refractivity contribution < 1.29 is 0 Å². The van der Waals surface area contributed by atoms with Gasteiger partial charge in [0.05, 0.1) is 28.6 Å². The van der Waals surface area contributed by atoms with E-state index in [0.717, 1.165) is 27.7 Å². The van der Waals surface area contributed by atoms with Crippen LogP contribution in [-0.4, -0.2) is 57.8 Å². The van der Waals surface area contributed by atoms with E-state index in [-0.39, 0.29) is 6.17 Å². The molecule has 1 unspecified atom stereocenters. The van der Waals surface area contributed by atoms with Crippen molar-refractivity contribution >= 4 is 28.6 Å². The molecule has 4 rings (SSSR count). The van der Waals surface area contributed by atoms with E-state index in [0.29, 0.717) is 5.02 Å². The Morgan fingerprint density at radius 2 is 1.97 bits per heavy atom. The molecule has 2 aromatic heterocycles. The number of aromatic nitrogens is 3. The molecule has 3 heterocycles. The van der Waals surface area contributed by atoms with Gasteiger partial charge in [-0.05, 0) is 44.5 Å². The Morgan fingerprint density at radius 3 is 2.59 bits per heavy atom. The van der Waals surface area contributed by atoms with Crippen molar-refractivity contribution in [3.05, 3.63) is 66.1 Å². The molecule has 0 saturated carbocycles. The Labute approximate surface area is 208 Å². The lowest BCUT2D eigenvalue weighted by Gasteiger charge is -2.35. The summed E-state index contributed by atoms with van der Waals surface area (Å²) in [4.78, 5) is 9.48. The summed E-state index contributed by atoms with van der Waals surface area (Å²) in [6, 6.07) is 7.74. The van der Waals surface area contributed by atoms with Gasteiger partial charge >= 0.3 is 0 Å². The zero-order chi connectivity index (χ0) is 24.7. The van der Waals surface area contributed by atoms with Crippen LogP contribution in [0.15, 0.2) is 55.5 Å². The normalized spacial score (nSPS) is 15.0. The molecular formula is C27H37ClN6. The fourth-order valence-corrected chi connectivity index (χ4v) is 4.10. The van der Waals surface area contributed by atoms with E-state index >= 15 is 0 Å². The zero-order valence-corrected chi connectivity index (χ0v) is 21.4. The number of fused-ring (bicyclic) bond motifs is 1. The molecule has 2 N–H and O–H groups in total. The molecule has 0 spiro atoms. The maximum atomic E-state index is 6.36. The molecule has 1 aliphatic heterocycles. The predicted octanol–water partition coefficient (Wildman–Crippen LogP) is 5.81. The molecule has 1 fully saturated rings. The van der Waals surface area contributed by atoms with Gasteiger partial charge in [0.1, 0.15) is 0 Å². The zero-order valence-electron chi connectivity index (χ0n) is 20.7. The quantitative estimate of drug-likeness (QED) is 0.462. The van der Waals surface area contributed by atoms with E-state index < -0.39 is 0 Å². The highest BCUT2D eigenvalue weighted by Crippen LogP contribution is 2.29. The number of pyridine rings is 1. The number of hydrogen-bond donors (Lipinski definition) is 1. The second kappa shape index (κ2) is 12.2. The molecule has 6 nitrogen and oxygen atoms in total. The molecule has 0 radical (unpaired) electrons. The van der Waals surface area contributed by atoms with Crippen molar-refractivity contribution in [1.29, 1.82) is 0 Å². The Balaban J connectivity index is 0.000000215. The van der Waals surface area contributed by atoms with Crippen molar-refractivity contribution in [1.82, 2.24) is 24.6 Å². The fourth-order valence-electron chi connectivity index (χ4n) is 3.83. The monoisotopic (exact) mass is 480 g/mol. The van der Waals surface area contributed by atoms with Gasteiger partial charge in [0.2, 0.25) is 0 Å². The number of nitrogens with zero attached hydrogens (tertiary/aromatic N) is 5. The summed E-state index contributed by atoms with van der Waals surface area (Å²) in [7, 11) is 2.19. The Morgan fingerprint density at radius 1 is 1.24 bits per heavy atom. The average Bonchev–Trinajstić information content (AvgIpc) is 3.34. The van der Waals surface area contributed by atoms with E-state index in [2.05, 4.69) is 47.0 Å². The molecule has 3 aromatic rings. The minimum Gasteiger partial charge on any atom is -0.373 e. The van der Waals surface area contributed by atoms with Gasteiger partial charge in [0.15, 0.2) is 0 Å². The summed E-state index contributed by atoms with van der Waals surface area (Å²) in [6.45, 7) is 16.7. The number of hydrogen-bond acceptors (Lipinski definition) is 5. The van der Waals surface area contributed by atoms with Crippen LogP contribution in [0, 0.1) is 0 Å². The topological polar surface area (TPSA) is 63.2 Å². The second-order valence-corrected chi connectivity index (χ2v) is 9.29. The molecule has 1 aromatic carbocycles. The van der Waals surface area contributed by atoms with Crippen LogP contribution >= 0.6 is 11.6 Å². The number of likely N-dealkylation sites (N-methyl/N-ethyl adjacent to an activating group) is 1. The van der Waals surface area contributed by atoms with Crippen LogP contribution < -0.4 is 5.73 Å². The maximum absolute atomic E-state index is 6.36. The molecule has 182 valence electrons. The van der Waals surface area contributed by atoms with Crippen LogP contribution in [0.4, 0.5) is 0 Å². The number of rotatable bonds is 7. The van der Waals surface area contributed by atoms with Gasteiger partial charge in [-0.2, -0.15) is 5.10 Å². The van der Waals surface area contributed by atoms with Crippen LogP contribution in [0.25, 0.3) is 28.2 Å². The molecule has 1 atom stereocenters. The standard InChI is InChI=1S/C16H15ClN4.C11H22N2/c1-3-11-4-5-13-14(17)7-15(20-16(13)6-11)12-8-19-21(9-12)10(2)18;1-4-5-6-11(2)13-9-7-12(3)8-10-13/h3-10H,1,18H2,2H3;2,4-10H2,1,3H3. The molecular weight excluding hydrogens is 444 g/mol. The van der Waals surface area contributed by atoms with Crippen molar-refractivity contribution in [2.24, 2.45) is 5.73 Å². The first-order chi connectivity index (χ1) is 16.3. The summed E-state index contributed by atoms with van der Waals surface area (Å²) >= 11 is 6.36. The van der Waals surface area contributed by atoms with E-state index in [1.807, 2.05) is 37.4 Å². The summed E-state index contributed by atoms with van der Waals surface area (Å²) in [5.41, 5.74) is 10.7. The average molecular weight is 481 g/mol. The largest absolute Gasteiger partial charge is 0.373 e. The number of halogens is 1. The van der Waals surface area contributed by atoms with Crippen LogP contribution in [-0.2, 0) is 0 Å². The van der Waals surface area contributed by atoms with Gasteiger partial charge < -0.3 is 15.5 Å². The Bertz CT molecular complexity index is 1110. The summed E-state index contributed by atoms with van der Waals surface area (Å²) in [5.74, 6) is 0. The molecule has 34 heavy (non-hydrogen) atoms. The molecule has 0 bridgehead atoms. The first-order valence-electron chi connectivity index (χ1n) is 12.0. The molecule has 7 heteroatoms. The molecule has 0 aliphatic carbocycles. The van der Waals surface area contributed by atoms with Gasteiger partial charge in [-0.1, -0.05) is 56.3 Å². The number of allylic oxidation sites excluding steroid dienone is 1. The van der Waals surface area contributed by atoms with Gasteiger partial charge in [-0.15, -0.1) is 0 Å². The third-order valence-corrected chi connectivity index (χ3v) is 6.42. The first-order valence-corrected chi connectivity index (χ1v) is 12.3. The Hall–Kier alpha value is -2.67. The number of nitrogens with two attached hydrogens (primary N) is 1. The van der Waals surface area contributed by atoms with E-state index in [9.17, 15) is 0 Å². The SMILES string of the molecule is C=C(CCCC)N1CCN(C)CC1.C=Cc1ccc2c(Cl)cc(-c3cnn(C(C)N)c3)nc2c1. The van der Waals surface area contributed by atoms with E-state index in [1.165, 1.54) is 51.1 Å². The van der Waals surface area contributed by atoms with Gasteiger partial charge in [-0.3, -0.25) is 4.68 Å². The van der Waals surface area contributed by atoms with Crippen LogP contribution in [0.1, 0.15) is 44.8 Å². The summed E-state index contributed by atoms with van der Waals surface area (Å²) in [5, 5.41) is 5.82. The minimum atomic E-state index is -0.179. The van der Waals surface area contributed by atoms with Crippen LogP contribution in [0.5, 0.6) is 0 Å². The van der Waals surface area contributed by atoms with Crippen LogP contribution in [0.2, 0.25) is 5.02 Å². The third kappa shape index (κ3) is 6.69. The second-order valence-electron chi connectivity index (χ2n) is 8.88. The van der Waals surface area contributed by atoms with E-state index in [1.54, 1.807) is 17.0 Å². The molecule has 1 saturated heterocycles. The number of benzene rings is 1. The van der Waals surface area contributed by atoms with Crippen molar-refractivity contribution in [2.45, 2.75) is 39.3 Å². The summed E-state index contributed by atoms with van der Waals surface area (Å²) < 4.78 is 1.69. The third-order valence-electron chi connectivity index (χ3n) is 6.10.